The first-order valence-corrected chi connectivity index (χ1v) is 5.28. The van der Waals surface area contributed by atoms with Gasteiger partial charge >= 0.3 is 0 Å². The lowest BCUT2D eigenvalue weighted by Crippen LogP contribution is -2.62. The van der Waals surface area contributed by atoms with Crippen LogP contribution in [-0.2, 0) is 0 Å². The molecule has 0 aromatic carbocycles. The average molecular weight is 207 g/mol. The van der Waals surface area contributed by atoms with Crippen LogP contribution in [0.5, 0.6) is 0 Å². The second kappa shape index (κ2) is 3.34. The molecule has 1 amide bonds. The quantitative estimate of drug-likeness (QED) is 0.710. The summed E-state index contributed by atoms with van der Waals surface area (Å²) in [5, 5.41) is 6.89. The number of carbonyl (C=O) groups excluding carboxylic acids is 1. The number of nitrogens with one attached hydrogen (secondary N) is 1. The molecule has 1 aromatic rings. The van der Waals surface area contributed by atoms with Crippen molar-refractivity contribution >= 4 is 5.91 Å². The number of hydrogen-bond donors (Lipinski definition) is 1. The van der Waals surface area contributed by atoms with Gasteiger partial charge in [0.15, 0.2) is 0 Å². The van der Waals surface area contributed by atoms with Crippen LogP contribution < -0.4 is 5.32 Å². The monoisotopic (exact) mass is 207 g/mol. The molecule has 2 fully saturated rings. The van der Waals surface area contributed by atoms with Gasteiger partial charge < -0.3 is 14.7 Å². The molecule has 1 N–H and O–H groups in total. The Labute approximate surface area is 87.4 Å². The van der Waals surface area contributed by atoms with Crippen LogP contribution in [0.4, 0.5) is 0 Å². The van der Waals surface area contributed by atoms with Crippen molar-refractivity contribution in [2.24, 2.45) is 5.92 Å². The lowest BCUT2D eigenvalue weighted by Gasteiger charge is -2.45. The van der Waals surface area contributed by atoms with Crippen molar-refractivity contribution in [1.82, 2.24) is 15.4 Å². The summed E-state index contributed by atoms with van der Waals surface area (Å²) in [6.45, 7) is 2.74. The Morgan fingerprint density at radius 2 is 2.60 bits per heavy atom. The number of nitrogens with zero attached hydrogens (tertiary/aromatic N) is 2. The van der Waals surface area contributed by atoms with E-state index in [1.54, 1.807) is 6.07 Å². The molecule has 2 aliphatic heterocycles. The topological polar surface area (TPSA) is 58.4 Å². The van der Waals surface area contributed by atoms with Gasteiger partial charge in [0.2, 0.25) is 5.76 Å². The summed E-state index contributed by atoms with van der Waals surface area (Å²) in [5.41, 5.74) is 0. The summed E-state index contributed by atoms with van der Waals surface area (Å²) in [5.74, 6) is 1.07. The third-order valence-corrected chi connectivity index (χ3v) is 3.33. The highest BCUT2D eigenvalue weighted by Gasteiger charge is 2.37. The van der Waals surface area contributed by atoms with Crippen molar-refractivity contribution < 1.29 is 9.32 Å². The number of hydrogen-bond acceptors (Lipinski definition) is 4. The van der Waals surface area contributed by atoms with Crippen molar-refractivity contribution in [3.63, 3.8) is 0 Å². The fraction of sp³-hybridized carbons (Fsp3) is 0.600. The molecule has 2 aliphatic rings. The van der Waals surface area contributed by atoms with Crippen LogP contribution in [0.2, 0.25) is 0 Å². The number of piperidine rings is 1. The Morgan fingerprint density at radius 3 is 3.20 bits per heavy atom. The first-order chi connectivity index (χ1) is 7.34. The van der Waals surface area contributed by atoms with Crippen molar-refractivity contribution in [2.75, 3.05) is 19.6 Å². The molecule has 0 saturated carbocycles. The maximum absolute atomic E-state index is 11.9. The summed E-state index contributed by atoms with van der Waals surface area (Å²) in [7, 11) is 0. The minimum absolute atomic E-state index is 0.0420. The molecule has 5 heteroatoms. The van der Waals surface area contributed by atoms with E-state index in [2.05, 4.69) is 10.5 Å². The zero-order chi connectivity index (χ0) is 10.3. The van der Waals surface area contributed by atoms with E-state index in [0.717, 1.165) is 32.0 Å². The van der Waals surface area contributed by atoms with Crippen LogP contribution in [0.3, 0.4) is 0 Å². The predicted molar refractivity (Wildman–Crippen MR) is 52.3 cm³/mol. The normalized spacial score (nSPS) is 29.5. The van der Waals surface area contributed by atoms with Gasteiger partial charge in [-0.3, -0.25) is 4.79 Å². The Bertz CT molecular complexity index is 363. The van der Waals surface area contributed by atoms with Gasteiger partial charge in [-0.25, -0.2) is 0 Å². The Hall–Kier alpha value is -1.36. The number of fused-ring (bicyclic) bond motifs is 1. The first kappa shape index (κ1) is 8.91. The molecule has 3 rings (SSSR count). The highest BCUT2D eigenvalue weighted by atomic mass is 16.5. The standard InChI is InChI=1S/C10H13N3O2/c14-10(9-1-3-12-15-9)13-4-2-7-5-11-8(7)6-13/h1,3,7-8,11H,2,4-6H2. The SMILES string of the molecule is O=C(c1ccno1)N1CCC2CNC2C1. The summed E-state index contributed by atoms with van der Waals surface area (Å²) >= 11 is 0. The predicted octanol–water partition coefficient (Wildman–Crippen LogP) is 0.108. The molecule has 0 aliphatic carbocycles. The molecule has 5 nitrogen and oxygen atoms in total. The van der Waals surface area contributed by atoms with Gasteiger partial charge in [0, 0.05) is 25.2 Å². The minimum Gasteiger partial charge on any atom is -0.351 e. The fourth-order valence-electron chi connectivity index (χ4n) is 2.28. The van der Waals surface area contributed by atoms with E-state index in [9.17, 15) is 4.79 Å². The number of carbonyl (C=O) groups is 1. The first-order valence-electron chi connectivity index (χ1n) is 5.28. The largest absolute Gasteiger partial charge is 0.351 e. The van der Waals surface area contributed by atoms with E-state index in [0.29, 0.717) is 11.8 Å². The Morgan fingerprint density at radius 1 is 1.67 bits per heavy atom. The number of amides is 1. The molecule has 0 bridgehead atoms. The van der Waals surface area contributed by atoms with Crippen LogP contribution in [0.25, 0.3) is 0 Å². The van der Waals surface area contributed by atoms with Gasteiger partial charge in [-0.2, -0.15) is 0 Å². The number of aromatic nitrogens is 1. The van der Waals surface area contributed by atoms with Gasteiger partial charge in [-0.05, 0) is 18.9 Å². The molecule has 2 saturated heterocycles. The fourth-order valence-corrected chi connectivity index (χ4v) is 2.28. The second-order valence-electron chi connectivity index (χ2n) is 4.19. The summed E-state index contributed by atoms with van der Waals surface area (Å²) in [6.07, 6.45) is 2.60. The van der Waals surface area contributed by atoms with Crippen LogP contribution in [0, 0.1) is 5.92 Å². The zero-order valence-electron chi connectivity index (χ0n) is 8.35. The molecule has 2 atom stereocenters. The number of rotatable bonds is 1. The molecule has 0 radical (unpaired) electrons. The summed E-state index contributed by atoms with van der Waals surface area (Å²) in [4.78, 5) is 13.7. The van der Waals surface area contributed by atoms with E-state index in [-0.39, 0.29) is 5.91 Å². The zero-order valence-corrected chi connectivity index (χ0v) is 8.35. The maximum Gasteiger partial charge on any atom is 0.292 e. The van der Waals surface area contributed by atoms with Crippen molar-refractivity contribution in [3.05, 3.63) is 18.0 Å². The summed E-state index contributed by atoms with van der Waals surface area (Å²) in [6, 6.07) is 2.11. The van der Waals surface area contributed by atoms with Crippen molar-refractivity contribution in [1.29, 1.82) is 0 Å². The van der Waals surface area contributed by atoms with Crippen molar-refractivity contribution in [2.45, 2.75) is 12.5 Å². The molecule has 80 valence electrons. The van der Waals surface area contributed by atoms with E-state index in [4.69, 9.17) is 4.52 Å². The highest BCUT2D eigenvalue weighted by molar-refractivity contribution is 5.91. The van der Waals surface area contributed by atoms with E-state index in [1.807, 2.05) is 4.90 Å². The second-order valence-corrected chi connectivity index (χ2v) is 4.19. The van der Waals surface area contributed by atoms with Crippen LogP contribution >= 0.6 is 0 Å². The Kier molecular flexibility index (Phi) is 1.98. The van der Waals surface area contributed by atoms with Crippen LogP contribution in [0.1, 0.15) is 17.0 Å². The van der Waals surface area contributed by atoms with Crippen LogP contribution in [0.15, 0.2) is 16.8 Å². The smallest absolute Gasteiger partial charge is 0.292 e. The highest BCUT2D eigenvalue weighted by Crippen LogP contribution is 2.24. The molecular formula is C10H13N3O2. The molecule has 1 aromatic heterocycles. The molecule has 2 unspecified atom stereocenters. The van der Waals surface area contributed by atoms with E-state index in [1.165, 1.54) is 6.20 Å². The lowest BCUT2D eigenvalue weighted by atomic mass is 9.85. The van der Waals surface area contributed by atoms with Gasteiger partial charge in [-0.15, -0.1) is 0 Å². The maximum atomic E-state index is 11.9. The molecular weight excluding hydrogens is 194 g/mol. The van der Waals surface area contributed by atoms with E-state index >= 15 is 0 Å². The van der Waals surface area contributed by atoms with Crippen LogP contribution in [-0.4, -0.2) is 41.6 Å². The van der Waals surface area contributed by atoms with E-state index < -0.39 is 0 Å². The molecule has 0 spiro atoms. The van der Waals surface area contributed by atoms with Gasteiger partial charge in [0.25, 0.3) is 5.91 Å². The third-order valence-electron chi connectivity index (χ3n) is 3.33. The molecule has 15 heavy (non-hydrogen) atoms. The molecule has 3 heterocycles. The van der Waals surface area contributed by atoms with Crippen molar-refractivity contribution in [3.8, 4) is 0 Å². The lowest BCUT2D eigenvalue weighted by molar-refractivity contribution is 0.0482. The Balaban J connectivity index is 1.70. The van der Waals surface area contributed by atoms with Gasteiger partial charge in [0.1, 0.15) is 0 Å². The summed E-state index contributed by atoms with van der Waals surface area (Å²) < 4.78 is 4.87. The third kappa shape index (κ3) is 1.43. The number of likely N-dealkylation sites (tertiary alicyclic amines) is 1. The van der Waals surface area contributed by atoms with Gasteiger partial charge in [0.05, 0.1) is 6.20 Å². The minimum atomic E-state index is -0.0420. The van der Waals surface area contributed by atoms with Gasteiger partial charge in [-0.1, -0.05) is 5.16 Å². The average Bonchev–Trinajstić information content (AvgIpc) is 2.72.